The molecule has 0 unspecified atom stereocenters. The fourth-order valence-electron chi connectivity index (χ4n) is 2.33. The highest BCUT2D eigenvalue weighted by Crippen LogP contribution is 2.04. The first-order valence-corrected chi connectivity index (χ1v) is 8.94. The van der Waals surface area contributed by atoms with E-state index in [0.717, 1.165) is 12.8 Å². The number of rotatable bonds is 14. The SMILES string of the molecule is CCCCCCCCNC(=O)CCC(=O)N(CCC#N)CCC#N. The Labute approximate surface area is 145 Å². The smallest absolute Gasteiger partial charge is 0.223 e. The lowest BCUT2D eigenvalue weighted by molar-refractivity contribution is -0.133. The van der Waals surface area contributed by atoms with Crippen molar-refractivity contribution in [2.75, 3.05) is 19.6 Å². The van der Waals surface area contributed by atoms with E-state index in [1.165, 1.54) is 30.6 Å². The van der Waals surface area contributed by atoms with Gasteiger partial charge >= 0.3 is 0 Å². The fraction of sp³-hybridized carbons (Fsp3) is 0.778. The minimum atomic E-state index is -0.171. The summed E-state index contributed by atoms with van der Waals surface area (Å²) in [5.74, 6) is -0.285. The number of hydrogen-bond acceptors (Lipinski definition) is 4. The van der Waals surface area contributed by atoms with E-state index in [2.05, 4.69) is 12.2 Å². The third-order valence-corrected chi connectivity index (χ3v) is 3.76. The predicted octanol–water partition coefficient (Wildman–Crippen LogP) is 2.90. The van der Waals surface area contributed by atoms with Gasteiger partial charge in [-0.1, -0.05) is 39.0 Å². The molecule has 0 atom stereocenters. The summed E-state index contributed by atoms with van der Waals surface area (Å²) in [5, 5.41) is 20.1. The van der Waals surface area contributed by atoms with Crippen LogP contribution >= 0.6 is 0 Å². The van der Waals surface area contributed by atoms with Crippen LogP contribution in [0.3, 0.4) is 0 Å². The quantitative estimate of drug-likeness (QED) is 0.494. The first-order chi connectivity index (χ1) is 11.7. The summed E-state index contributed by atoms with van der Waals surface area (Å²) in [7, 11) is 0. The Bertz CT molecular complexity index is 419. The Balaban J connectivity index is 3.86. The van der Waals surface area contributed by atoms with Crippen LogP contribution in [0.5, 0.6) is 0 Å². The summed E-state index contributed by atoms with van der Waals surface area (Å²) in [4.78, 5) is 25.3. The number of nitriles is 2. The van der Waals surface area contributed by atoms with Gasteiger partial charge in [-0.05, 0) is 6.42 Å². The zero-order chi connectivity index (χ0) is 18.0. The summed E-state index contributed by atoms with van der Waals surface area (Å²) in [6.45, 7) is 3.47. The van der Waals surface area contributed by atoms with Gasteiger partial charge in [-0.2, -0.15) is 10.5 Å². The first kappa shape index (κ1) is 21.9. The molecule has 0 aliphatic heterocycles. The van der Waals surface area contributed by atoms with Gasteiger partial charge in [-0.25, -0.2) is 0 Å². The van der Waals surface area contributed by atoms with Gasteiger partial charge in [0.25, 0.3) is 0 Å². The minimum Gasteiger partial charge on any atom is -0.356 e. The maximum absolute atomic E-state index is 12.1. The molecule has 24 heavy (non-hydrogen) atoms. The van der Waals surface area contributed by atoms with Gasteiger partial charge in [-0.15, -0.1) is 0 Å². The number of nitrogens with one attached hydrogen (secondary N) is 1. The van der Waals surface area contributed by atoms with Crippen molar-refractivity contribution < 1.29 is 9.59 Å². The molecule has 0 aromatic heterocycles. The molecule has 0 bridgehead atoms. The number of nitrogens with zero attached hydrogens (tertiary/aromatic N) is 3. The molecule has 0 fully saturated rings. The second-order valence-corrected chi connectivity index (χ2v) is 5.81. The van der Waals surface area contributed by atoms with Gasteiger partial charge in [0.2, 0.25) is 11.8 Å². The van der Waals surface area contributed by atoms with E-state index in [4.69, 9.17) is 10.5 Å². The summed E-state index contributed by atoms with van der Waals surface area (Å²) in [6, 6.07) is 3.98. The Morgan fingerprint density at radius 3 is 2.08 bits per heavy atom. The molecule has 0 aliphatic carbocycles. The van der Waals surface area contributed by atoms with Crippen LogP contribution in [0.4, 0.5) is 0 Å². The largest absolute Gasteiger partial charge is 0.356 e. The van der Waals surface area contributed by atoms with E-state index in [1.807, 2.05) is 12.1 Å². The molecule has 1 N–H and O–H groups in total. The number of amides is 2. The van der Waals surface area contributed by atoms with Crippen molar-refractivity contribution in [1.82, 2.24) is 10.2 Å². The first-order valence-electron chi connectivity index (χ1n) is 8.94. The van der Waals surface area contributed by atoms with Crippen molar-refractivity contribution in [2.45, 2.75) is 71.1 Å². The summed E-state index contributed by atoms with van der Waals surface area (Å²) in [6.07, 6.45) is 7.80. The third kappa shape index (κ3) is 12.5. The average Bonchev–Trinajstić information content (AvgIpc) is 2.59. The lowest BCUT2D eigenvalue weighted by Crippen LogP contribution is -2.34. The van der Waals surface area contributed by atoms with Crippen LogP contribution in [0.15, 0.2) is 0 Å². The lowest BCUT2D eigenvalue weighted by Gasteiger charge is -2.20. The van der Waals surface area contributed by atoms with Crippen LogP contribution in [0.1, 0.15) is 71.1 Å². The third-order valence-electron chi connectivity index (χ3n) is 3.76. The summed E-state index contributed by atoms with van der Waals surface area (Å²) >= 11 is 0. The number of unbranched alkanes of at least 4 members (excludes halogenated alkanes) is 5. The molecule has 0 rings (SSSR count). The number of carbonyl (C=O) groups is 2. The zero-order valence-corrected chi connectivity index (χ0v) is 14.9. The normalized spacial score (nSPS) is 9.79. The van der Waals surface area contributed by atoms with Gasteiger partial charge in [0.15, 0.2) is 0 Å². The number of carbonyl (C=O) groups excluding carboxylic acids is 2. The highest BCUT2D eigenvalue weighted by Gasteiger charge is 2.14. The lowest BCUT2D eigenvalue weighted by atomic mass is 10.1. The number of hydrogen-bond donors (Lipinski definition) is 1. The highest BCUT2D eigenvalue weighted by atomic mass is 16.2. The molecule has 0 saturated heterocycles. The van der Waals surface area contributed by atoms with Crippen LogP contribution < -0.4 is 5.32 Å². The minimum absolute atomic E-state index is 0.113. The maximum Gasteiger partial charge on any atom is 0.223 e. The standard InChI is InChI=1S/C18H30N4O2/c1-2-3-4-5-6-7-14-21-17(23)10-11-18(24)22(15-8-12-19)16-9-13-20/h2-11,14-16H2,1H3,(H,21,23). The molecule has 0 aromatic rings. The van der Waals surface area contributed by atoms with Gasteiger partial charge < -0.3 is 10.2 Å². The van der Waals surface area contributed by atoms with Gasteiger partial charge in [0, 0.05) is 32.5 Å². The van der Waals surface area contributed by atoms with Crippen molar-refractivity contribution in [3.63, 3.8) is 0 Å². The Morgan fingerprint density at radius 2 is 1.50 bits per heavy atom. The topological polar surface area (TPSA) is 97.0 Å². The average molecular weight is 334 g/mol. The molecule has 0 saturated carbocycles. The van der Waals surface area contributed by atoms with Gasteiger partial charge in [0.05, 0.1) is 25.0 Å². The summed E-state index contributed by atoms with van der Waals surface area (Å²) < 4.78 is 0. The van der Waals surface area contributed by atoms with Crippen molar-refractivity contribution in [3.8, 4) is 12.1 Å². The van der Waals surface area contributed by atoms with E-state index in [1.54, 1.807) is 0 Å². The molecule has 0 aliphatic rings. The molecule has 0 spiro atoms. The monoisotopic (exact) mass is 334 g/mol. The van der Waals surface area contributed by atoms with Crippen LogP contribution in [0.2, 0.25) is 0 Å². The molecule has 6 nitrogen and oxygen atoms in total. The van der Waals surface area contributed by atoms with E-state index in [9.17, 15) is 9.59 Å². The Hall–Kier alpha value is -2.08. The van der Waals surface area contributed by atoms with Crippen molar-refractivity contribution in [1.29, 1.82) is 10.5 Å². The molecule has 0 aromatic carbocycles. The zero-order valence-electron chi connectivity index (χ0n) is 14.9. The van der Waals surface area contributed by atoms with Crippen LogP contribution in [0, 0.1) is 22.7 Å². The second kappa shape index (κ2) is 15.8. The van der Waals surface area contributed by atoms with Crippen LogP contribution in [-0.4, -0.2) is 36.3 Å². The van der Waals surface area contributed by atoms with E-state index < -0.39 is 0 Å². The predicted molar refractivity (Wildman–Crippen MR) is 92.7 cm³/mol. The maximum atomic E-state index is 12.1. The molecule has 0 radical (unpaired) electrons. The molecule has 6 heteroatoms. The molecular weight excluding hydrogens is 304 g/mol. The molecule has 2 amide bonds. The second-order valence-electron chi connectivity index (χ2n) is 5.81. The van der Waals surface area contributed by atoms with E-state index >= 15 is 0 Å². The van der Waals surface area contributed by atoms with Crippen LogP contribution in [-0.2, 0) is 9.59 Å². The molecule has 0 heterocycles. The van der Waals surface area contributed by atoms with Crippen molar-refractivity contribution >= 4 is 11.8 Å². The molecular formula is C18H30N4O2. The van der Waals surface area contributed by atoms with Gasteiger partial charge in [0.1, 0.15) is 0 Å². The van der Waals surface area contributed by atoms with E-state index in [-0.39, 0.29) is 37.5 Å². The highest BCUT2D eigenvalue weighted by molar-refractivity contribution is 5.83. The van der Waals surface area contributed by atoms with E-state index in [0.29, 0.717) is 19.6 Å². The Morgan fingerprint density at radius 1 is 0.917 bits per heavy atom. The summed E-state index contributed by atoms with van der Waals surface area (Å²) in [5.41, 5.74) is 0. The molecule has 134 valence electrons. The Kier molecular flexibility index (Phi) is 14.4. The van der Waals surface area contributed by atoms with Gasteiger partial charge in [-0.3, -0.25) is 9.59 Å². The fourth-order valence-corrected chi connectivity index (χ4v) is 2.33. The van der Waals surface area contributed by atoms with Crippen molar-refractivity contribution in [3.05, 3.63) is 0 Å². The van der Waals surface area contributed by atoms with Crippen molar-refractivity contribution in [2.24, 2.45) is 0 Å². The van der Waals surface area contributed by atoms with Crippen LogP contribution in [0.25, 0.3) is 0 Å².